The van der Waals surface area contributed by atoms with E-state index in [1.54, 1.807) is 0 Å². The molecule has 30 heavy (non-hydrogen) atoms. The molecule has 3 aromatic rings. The Balaban J connectivity index is 1.39. The molecule has 1 N–H and O–H groups in total. The summed E-state index contributed by atoms with van der Waals surface area (Å²) in [4.78, 5) is 4.29. The molecule has 0 bridgehead atoms. The van der Waals surface area contributed by atoms with Crippen LogP contribution in [0.4, 0.5) is 0 Å². The Kier molecular flexibility index (Phi) is 7.24. The monoisotopic (exact) mass is 405 g/mol. The summed E-state index contributed by atoms with van der Waals surface area (Å²) >= 11 is 0. The van der Waals surface area contributed by atoms with Gasteiger partial charge in [-0.3, -0.25) is 4.90 Å². The molecule has 1 saturated heterocycles. The Bertz CT molecular complexity index is 918. The third-order valence-corrected chi connectivity index (χ3v) is 5.40. The van der Waals surface area contributed by atoms with Crippen LogP contribution in [0, 0.1) is 6.92 Å². The third-order valence-electron chi connectivity index (χ3n) is 5.40. The maximum atomic E-state index is 5.42. The molecular weight excluding hydrogens is 374 g/mol. The van der Waals surface area contributed by atoms with Gasteiger partial charge in [0.25, 0.3) is 0 Å². The average Bonchev–Trinajstić information content (AvgIpc) is 3.17. The molecule has 0 radical (unpaired) electrons. The van der Waals surface area contributed by atoms with Crippen molar-refractivity contribution < 1.29 is 4.74 Å². The maximum absolute atomic E-state index is 5.42. The fourth-order valence-corrected chi connectivity index (χ4v) is 3.83. The zero-order valence-corrected chi connectivity index (χ0v) is 17.8. The Morgan fingerprint density at radius 3 is 2.63 bits per heavy atom. The smallest absolute Gasteiger partial charge is 0.117 e. The van der Waals surface area contributed by atoms with Gasteiger partial charge in [0.1, 0.15) is 11.4 Å². The van der Waals surface area contributed by atoms with Gasteiger partial charge in [-0.25, -0.2) is 0 Å². The quantitative estimate of drug-likeness (QED) is 0.555. The van der Waals surface area contributed by atoms with Crippen molar-refractivity contribution in [1.82, 2.24) is 25.2 Å². The first-order valence-corrected chi connectivity index (χ1v) is 10.8. The van der Waals surface area contributed by atoms with Gasteiger partial charge in [-0.2, -0.15) is 15.0 Å². The van der Waals surface area contributed by atoms with Crippen LogP contribution in [0.1, 0.15) is 23.2 Å². The minimum Gasteiger partial charge on any atom is -0.379 e. The number of nitrogens with zero attached hydrogens (tertiary/aromatic N) is 4. The Morgan fingerprint density at radius 2 is 1.83 bits per heavy atom. The van der Waals surface area contributed by atoms with Gasteiger partial charge in [0.15, 0.2) is 0 Å². The van der Waals surface area contributed by atoms with E-state index < -0.39 is 0 Å². The summed E-state index contributed by atoms with van der Waals surface area (Å²) in [6, 6.07) is 18.8. The lowest BCUT2D eigenvalue weighted by Gasteiger charge is -2.26. The predicted octanol–water partition coefficient (Wildman–Crippen LogP) is 3.11. The second-order valence-corrected chi connectivity index (χ2v) is 7.87. The molecule has 6 heteroatoms. The van der Waals surface area contributed by atoms with Crippen LogP contribution in [0.2, 0.25) is 0 Å². The van der Waals surface area contributed by atoms with E-state index in [1.807, 2.05) is 10.9 Å². The number of ether oxygens (including phenoxy) is 1. The first-order valence-electron chi connectivity index (χ1n) is 10.8. The predicted molar refractivity (Wildman–Crippen MR) is 119 cm³/mol. The topological polar surface area (TPSA) is 55.2 Å². The summed E-state index contributed by atoms with van der Waals surface area (Å²) in [5.41, 5.74) is 5.54. The normalized spacial score (nSPS) is 14.8. The molecule has 0 unspecified atom stereocenters. The first-order chi connectivity index (χ1) is 14.8. The Hall–Kier alpha value is -2.54. The van der Waals surface area contributed by atoms with Crippen LogP contribution in [0.5, 0.6) is 0 Å². The van der Waals surface area contributed by atoms with E-state index in [9.17, 15) is 0 Å². The molecule has 158 valence electrons. The van der Waals surface area contributed by atoms with Gasteiger partial charge in [-0.15, -0.1) is 0 Å². The molecule has 4 rings (SSSR count). The summed E-state index contributed by atoms with van der Waals surface area (Å²) in [7, 11) is 0. The molecule has 1 aromatic heterocycles. The second kappa shape index (κ2) is 10.5. The fraction of sp³-hybridized carbons (Fsp3) is 0.417. The van der Waals surface area contributed by atoms with Gasteiger partial charge in [0.05, 0.1) is 19.8 Å². The number of aryl methyl sites for hydroxylation is 1. The molecule has 0 aliphatic carbocycles. The van der Waals surface area contributed by atoms with Crippen LogP contribution in [0.15, 0.2) is 54.6 Å². The second-order valence-electron chi connectivity index (χ2n) is 7.87. The molecule has 0 amide bonds. The number of hydrogen-bond donors (Lipinski definition) is 1. The van der Waals surface area contributed by atoms with Gasteiger partial charge in [-0.1, -0.05) is 60.2 Å². The number of nitrogens with one attached hydrogen (secondary N) is 1. The van der Waals surface area contributed by atoms with Gasteiger partial charge in [0.2, 0.25) is 0 Å². The Morgan fingerprint density at radius 1 is 1.00 bits per heavy atom. The molecular formula is C24H31N5O. The summed E-state index contributed by atoms with van der Waals surface area (Å²) in [5, 5.41) is 13.2. The van der Waals surface area contributed by atoms with Crippen LogP contribution in [0.25, 0.3) is 11.3 Å². The highest BCUT2D eigenvalue weighted by Gasteiger charge is 2.14. The van der Waals surface area contributed by atoms with Crippen molar-refractivity contribution in [1.29, 1.82) is 0 Å². The van der Waals surface area contributed by atoms with Crippen molar-refractivity contribution in [3.8, 4) is 11.3 Å². The first kappa shape index (κ1) is 20.7. The molecule has 0 saturated carbocycles. The molecule has 0 spiro atoms. The highest BCUT2D eigenvalue weighted by Crippen LogP contribution is 2.20. The number of rotatable bonds is 9. The van der Waals surface area contributed by atoms with Crippen molar-refractivity contribution in [2.24, 2.45) is 0 Å². The van der Waals surface area contributed by atoms with Crippen molar-refractivity contribution in [3.63, 3.8) is 0 Å². The lowest BCUT2D eigenvalue weighted by atomic mass is 10.1. The van der Waals surface area contributed by atoms with E-state index in [1.165, 1.54) is 11.1 Å². The van der Waals surface area contributed by atoms with E-state index in [-0.39, 0.29) is 0 Å². The lowest BCUT2D eigenvalue weighted by Crippen LogP contribution is -2.37. The van der Waals surface area contributed by atoms with Crippen molar-refractivity contribution in [2.75, 3.05) is 39.4 Å². The van der Waals surface area contributed by atoms with E-state index in [0.717, 1.165) is 69.3 Å². The number of aromatic nitrogens is 3. The minimum atomic E-state index is 0.679. The van der Waals surface area contributed by atoms with Gasteiger partial charge >= 0.3 is 0 Å². The van der Waals surface area contributed by atoms with Crippen molar-refractivity contribution in [2.45, 2.75) is 26.4 Å². The molecule has 1 aliphatic heterocycles. The third kappa shape index (κ3) is 5.75. The molecule has 2 heterocycles. The van der Waals surface area contributed by atoms with E-state index in [4.69, 9.17) is 14.9 Å². The minimum absolute atomic E-state index is 0.679. The van der Waals surface area contributed by atoms with E-state index in [0.29, 0.717) is 6.54 Å². The van der Waals surface area contributed by atoms with Crippen molar-refractivity contribution >= 4 is 0 Å². The van der Waals surface area contributed by atoms with E-state index in [2.05, 4.69) is 65.7 Å². The molecule has 1 fully saturated rings. The van der Waals surface area contributed by atoms with Crippen LogP contribution in [0.3, 0.4) is 0 Å². The molecule has 2 aromatic carbocycles. The highest BCUT2D eigenvalue weighted by molar-refractivity contribution is 5.60. The SMILES string of the molecule is Cc1cccc(Cn2nc(CNCCCN3CCOCC3)c(-c3ccccc3)n2)c1. The summed E-state index contributed by atoms with van der Waals surface area (Å²) in [6.45, 7) is 9.41. The molecule has 6 nitrogen and oxygen atoms in total. The maximum Gasteiger partial charge on any atom is 0.117 e. The summed E-state index contributed by atoms with van der Waals surface area (Å²) in [5.74, 6) is 0. The largest absolute Gasteiger partial charge is 0.379 e. The van der Waals surface area contributed by atoms with Crippen LogP contribution in [-0.4, -0.2) is 59.3 Å². The van der Waals surface area contributed by atoms with Crippen LogP contribution in [-0.2, 0) is 17.8 Å². The average molecular weight is 406 g/mol. The summed E-state index contributed by atoms with van der Waals surface area (Å²) < 4.78 is 5.42. The van der Waals surface area contributed by atoms with Crippen LogP contribution >= 0.6 is 0 Å². The van der Waals surface area contributed by atoms with Crippen molar-refractivity contribution in [3.05, 3.63) is 71.4 Å². The zero-order valence-electron chi connectivity index (χ0n) is 17.8. The van der Waals surface area contributed by atoms with Gasteiger partial charge in [0, 0.05) is 25.2 Å². The number of morpholine rings is 1. The Labute approximate surface area is 178 Å². The van der Waals surface area contributed by atoms with Gasteiger partial charge in [-0.05, 0) is 32.0 Å². The fourth-order valence-electron chi connectivity index (χ4n) is 3.83. The molecule has 0 atom stereocenters. The highest BCUT2D eigenvalue weighted by atomic mass is 16.5. The van der Waals surface area contributed by atoms with E-state index >= 15 is 0 Å². The van der Waals surface area contributed by atoms with Crippen LogP contribution < -0.4 is 5.32 Å². The summed E-state index contributed by atoms with van der Waals surface area (Å²) in [6.07, 6.45) is 1.12. The lowest BCUT2D eigenvalue weighted by molar-refractivity contribution is 0.0374. The number of benzene rings is 2. The zero-order chi connectivity index (χ0) is 20.6. The number of hydrogen-bond acceptors (Lipinski definition) is 5. The standard InChI is InChI=1S/C24H31N5O/c1-20-7-5-8-21(17-20)19-29-26-23(24(27-29)22-9-3-2-4-10-22)18-25-11-6-12-28-13-15-30-16-14-28/h2-5,7-10,17,25H,6,11-16,18-19H2,1H3. The molecule has 1 aliphatic rings. The van der Waals surface area contributed by atoms with Gasteiger partial charge < -0.3 is 10.1 Å².